The number of hydrogen-bond donors (Lipinski definition) is 1. The van der Waals surface area contributed by atoms with Crippen molar-refractivity contribution in [3.63, 3.8) is 0 Å². The van der Waals surface area contributed by atoms with Gasteiger partial charge in [0.1, 0.15) is 0 Å². The largest absolute Gasteiger partial charge is 0.326 e. The lowest BCUT2D eigenvalue weighted by molar-refractivity contribution is 0.454. The van der Waals surface area contributed by atoms with Gasteiger partial charge in [0.05, 0.1) is 0 Å². The lowest BCUT2D eigenvalue weighted by atomic mass is 10.1. The fourth-order valence-corrected chi connectivity index (χ4v) is 4.47. The van der Waals surface area contributed by atoms with E-state index in [0.29, 0.717) is 13.1 Å². The Labute approximate surface area is 108 Å². The number of nitrogens with two attached hydrogens (primary N) is 1. The maximum atomic E-state index is 12.4. The van der Waals surface area contributed by atoms with Gasteiger partial charge in [-0.2, -0.15) is 4.31 Å². The molecule has 0 radical (unpaired) electrons. The zero-order chi connectivity index (χ0) is 12.8. The second kappa shape index (κ2) is 4.30. The molecule has 2 rings (SSSR count). The van der Waals surface area contributed by atoms with E-state index >= 15 is 0 Å². The van der Waals surface area contributed by atoms with Gasteiger partial charge in [0, 0.05) is 26.2 Å². The monoisotopic (exact) mass is 323 g/mol. The molecule has 0 amide bonds. The predicted octanol–water partition coefficient (Wildman–Crippen LogP) is -0.455. The zero-order valence-electron chi connectivity index (χ0n) is 9.54. The molecule has 2 heterocycles. The van der Waals surface area contributed by atoms with E-state index in [2.05, 4.69) is 26.2 Å². The van der Waals surface area contributed by atoms with Crippen molar-refractivity contribution < 1.29 is 8.42 Å². The van der Waals surface area contributed by atoms with Gasteiger partial charge in [-0.15, -0.1) is 5.10 Å². The quantitative estimate of drug-likeness (QED) is 0.795. The first kappa shape index (κ1) is 12.9. The SMILES string of the molecule is CC1CN(S(=O)(=O)c2c(Br)nnn2C)CC1N. The summed E-state index contributed by atoms with van der Waals surface area (Å²) in [6.45, 7) is 2.71. The van der Waals surface area contributed by atoms with Crippen molar-refractivity contribution in [3.8, 4) is 0 Å². The molecule has 96 valence electrons. The van der Waals surface area contributed by atoms with E-state index < -0.39 is 10.0 Å². The minimum Gasteiger partial charge on any atom is -0.326 e. The van der Waals surface area contributed by atoms with Crippen LogP contribution in [0.25, 0.3) is 0 Å². The maximum absolute atomic E-state index is 12.4. The van der Waals surface area contributed by atoms with E-state index in [4.69, 9.17) is 5.73 Å². The third kappa shape index (κ3) is 2.12. The summed E-state index contributed by atoms with van der Waals surface area (Å²) in [7, 11) is -2.03. The molecule has 1 aromatic heterocycles. The number of hydrogen-bond acceptors (Lipinski definition) is 5. The zero-order valence-corrected chi connectivity index (χ0v) is 11.9. The van der Waals surface area contributed by atoms with E-state index in [-0.39, 0.29) is 21.6 Å². The van der Waals surface area contributed by atoms with E-state index in [1.54, 1.807) is 7.05 Å². The number of aryl methyl sites for hydroxylation is 1. The lowest BCUT2D eigenvalue weighted by Crippen LogP contribution is -2.33. The summed E-state index contributed by atoms with van der Waals surface area (Å²) in [5.41, 5.74) is 5.84. The average Bonchev–Trinajstić information content (AvgIpc) is 2.72. The van der Waals surface area contributed by atoms with Gasteiger partial charge in [-0.3, -0.25) is 0 Å². The van der Waals surface area contributed by atoms with Gasteiger partial charge in [-0.05, 0) is 21.8 Å². The van der Waals surface area contributed by atoms with Gasteiger partial charge in [-0.1, -0.05) is 12.1 Å². The van der Waals surface area contributed by atoms with Gasteiger partial charge < -0.3 is 5.73 Å². The predicted molar refractivity (Wildman–Crippen MR) is 64.6 cm³/mol. The van der Waals surface area contributed by atoms with E-state index in [1.807, 2.05) is 6.92 Å². The maximum Gasteiger partial charge on any atom is 0.263 e. The minimum absolute atomic E-state index is 0.0683. The molecule has 1 aliphatic heterocycles. The summed E-state index contributed by atoms with van der Waals surface area (Å²) in [6, 6.07) is -0.121. The van der Waals surface area contributed by atoms with Crippen LogP contribution in [0.1, 0.15) is 6.92 Å². The molecule has 2 N–H and O–H groups in total. The number of sulfonamides is 1. The molecule has 0 bridgehead atoms. The van der Waals surface area contributed by atoms with Crippen LogP contribution in [0.2, 0.25) is 0 Å². The van der Waals surface area contributed by atoms with Crippen LogP contribution in [0, 0.1) is 5.92 Å². The van der Waals surface area contributed by atoms with Crippen LogP contribution in [0.3, 0.4) is 0 Å². The third-order valence-corrected chi connectivity index (χ3v) is 5.68. The topological polar surface area (TPSA) is 94.1 Å². The molecule has 2 unspecified atom stereocenters. The summed E-state index contributed by atoms with van der Waals surface area (Å²) >= 11 is 3.10. The molecule has 1 aromatic rings. The van der Waals surface area contributed by atoms with Gasteiger partial charge in [0.15, 0.2) is 4.60 Å². The molecule has 0 aliphatic carbocycles. The molecule has 9 heteroatoms. The van der Waals surface area contributed by atoms with Crippen LogP contribution >= 0.6 is 15.9 Å². The number of halogens is 1. The highest BCUT2D eigenvalue weighted by molar-refractivity contribution is 9.10. The molecular formula is C8H14BrN5O2S. The van der Waals surface area contributed by atoms with Crippen molar-refractivity contribution in [2.75, 3.05) is 13.1 Å². The fourth-order valence-electron chi connectivity index (χ4n) is 1.86. The molecule has 0 spiro atoms. The molecule has 7 nitrogen and oxygen atoms in total. The fraction of sp³-hybridized carbons (Fsp3) is 0.750. The van der Waals surface area contributed by atoms with Gasteiger partial charge in [-0.25, -0.2) is 13.1 Å². The molecule has 0 aromatic carbocycles. The third-order valence-electron chi connectivity index (χ3n) is 2.96. The van der Waals surface area contributed by atoms with E-state index in [0.717, 1.165) is 0 Å². The molecular weight excluding hydrogens is 310 g/mol. The molecule has 1 aliphatic rings. The second-order valence-electron chi connectivity index (χ2n) is 4.27. The lowest BCUT2D eigenvalue weighted by Gasteiger charge is -2.15. The molecule has 2 atom stereocenters. The Hall–Kier alpha value is -0.510. The van der Waals surface area contributed by atoms with Crippen molar-refractivity contribution in [3.05, 3.63) is 4.60 Å². The minimum atomic E-state index is -3.58. The van der Waals surface area contributed by atoms with Crippen LogP contribution in [-0.4, -0.2) is 46.8 Å². The average molecular weight is 324 g/mol. The van der Waals surface area contributed by atoms with Crippen LogP contribution in [0.4, 0.5) is 0 Å². The number of rotatable bonds is 2. The summed E-state index contributed by atoms with van der Waals surface area (Å²) in [5, 5.41) is 7.43. The Morgan fingerprint density at radius 1 is 1.47 bits per heavy atom. The van der Waals surface area contributed by atoms with Crippen LogP contribution < -0.4 is 5.73 Å². The highest BCUT2D eigenvalue weighted by Gasteiger charge is 2.38. The van der Waals surface area contributed by atoms with E-state index in [9.17, 15) is 8.42 Å². The normalized spacial score (nSPS) is 26.6. The molecule has 1 fully saturated rings. The Balaban J connectivity index is 2.39. The second-order valence-corrected chi connectivity index (χ2v) is 6.88. The molecule has 1 saturated heterocycles. The highest BCUT2D eigenvalue weighted by Crippen LogP contribution is 2.26. The number of nitrogens with zero attached hydrogens (tertiary/aromatic N) is 4. The Morgan fingerprint density at radius 2 is 2.12 bits per heavy atom. The van der Waals surface area contributed by atoms with Crippen LogP contribution in [-0.2, 0) is 17.1 Å². The van der Waals surface area contributed by atoms with Crippen molar-refractivity contribution >= 4 is 26.0 Å². The first-order chi connectivity index (χ1) is 7.84. The first-order valence-electron chi connectivity index (χ1n) is 5.15. The Kier molecular flexibility index (Phi) is 3.27. The van der Waals surface area contributed by atoms with Gasteiger partial charge >= 0.3 is 0 Å². The summed E-state index contributed by atoms with van der Waals surface area (Å²) in [6.07, 6.45) is 0. The van der Waals surface area contributed by atoms with Gasteiger partial charge in [0.25, 0.3) is 10.0 Å². The Morgan fingerprint density at radius 3 is 2.53 bits per heavy atom. The standard InChI is InChI=1S/C8H14BrN5O2S/c1-5-3-14(4-6(5)10)17(15,16)8-7(9)11-12-13(8)2/h5-6H,3-4,10H2,1-2H3. The summed E-state index contributed by atoms with van der Waals surface area (Å²) in [5.74, 6) is 0.157. The smallest absolute Gasteiger partial charge is 0.263 e. The van der Waals surface area contributed by atoms with Crippen molar-refractivity contribution in [1.82, 2.24) is 19.3 Å². The van der Waals surface area contributed by atoms with Crippen molar-refractivity contribution in [2.24, 2.45) is 18.7 Å². The molecule has 0 saturated carbocycles. The van der Waals surface area contributed by atoms with Crippen molar-refractivity contribution in [1.29, 1.82) is 0 Å². The van der Waals surface area contributed by atoms with Crippen LogP contribution in [0.15, 0.2) is 9.63 Å². The summed E-state index contributed by atoms with van der Waals surface area (Å²) in [4.78, 5) is 0. The summed E-state index contributed by atoms with van der Waals surface area (Å²) < 4.78 is 27.6. The first-order valence-corrected chi connectivity index (χ1v) is 7.38. The Bertz CT molecular complexity index is 499. The molecule has 17 heavy (non-hydrogen) atoms. The van der Waals surface area contributed by atoms with Crippen molar-refractivity contribution in [2.45, 2.75) is 18.0 Å². The van der Waals surface area contributed by atoms with Gasteiger partial charge in [0.2, 0.25) is 5.03 Å². The highest BCUT2D eigenvalue weighted by atomic mass is 79.9. The van der Waals surface area contributed by atoms with Crippen LogP contribution in [0.5, 0.6) is 0 Å². The number of aromatic nitrogens is 3. The van der Waals surface area contributed by atoms with E-state index in [1.165, 1.54) is 8.99 Å².